The number of aromatic nitrogens is 1. The predicted molar refractivity (Wildman–Crippen MR) is 162 cm³/mol. The van der Waals surface area contributed by atoms with E-state index < -0.39 is 17.6 Å². The molecule has 1 aliphatic heterocycles. The Hall–Kier alpha value is -4.77. The van der Waals surface area contributed by atoms with Crippen molar-refractivity contribution in [2.24, 2.45) is 5.92 Å². The molecular weight excluding hydrogens is 570 g/mol. The second-order valence-electron chi connectivity index (χ2n) is 10.7. The fourth-order valence-corrected chi connectivity index (χ4v) is 5.00. The zero-order valence-electron chi connectivity index (χ0n) is 24.6. The van der Waals surface area contributed by atoms with E-state index in [1.54, 1.807) is 43.6 Å². The number of fused-ring (bicyclic) bond motifs is 1. The van der Waals surface area contributed by atoms with Crippen LogP contribution in [0.1, 0.15) is 18.4 Å². The molecule has 230 valence electrons. The lowest BCUT2D eigenvalue weighted by atomic mass is 9.98. The number of nitrogens with one attached hydrogen (secondary N) is 2. The highest BCUT2D eigenvalue weighted by Crippen LogP contribution is 2.40. The van der Waals surface area contributed by atoms with Crippen LogP contribution in [0.3, 0.4) is 0 Å². The summed E-state index contributed by atoms with van der Waals surface area (Å²) in [5, 5.41) is 5.47. The first kappa shape index (κ1) is 30.7. The molecule has 4 aromatic rings. The number of methoxy groups -OCH3 is 1. The Morgan fingerprint density at radius 3 is 2.43 bits per heavy atom. The van der Waals surface area contributed by atoms with Gasteiger partial charge < -0.3 is 29.7 Å². The molecule has 0 atom stereocenters. The quantitative estimate of drug-likeness (QED) is 0.236. The number of halogens is 2. The Labute approximate surface area is 254 Å². The average Bonchev–Trinajstić information content (AvgIpc) is 3.02. The van der Waals surface area contributed by atoms with Crippen molar-refractivity contribution in [1.82, 2.24) is 15.2 Å². The number of piperidine rings is 1. The van der Waals surface area contributed by atoms with Crippen molar-refractivity contribution in [2.75, 3.05) is 45.7 Å². The Balaban J connectivity index is 1.21. The largest absolute Gasteiger partial charge is 0.491 e. The van der Waals surface area contributed by atoms with E-state index in [1.807, 2.05) is 0 Å². The maximum atomic E-state index is 15.1. The Morgan fingerprint density at radius 1 is 0.955 bits per heavy atom. The molecule has 0 saturated carbocycles. The van der Waals surface area contributed by atoms with Crippen molar-refractivity contribution in [1.29, 1.82) is 0 Å². The summed E-state index contributed by atoms with van der Waals surface area (Å²) in [6.45, 7) is 2.85. The van der Waals surface area contributed by atoms with Crippen LogP contribution < -0.4 is 24.8 Å². The third-order valence-electron chi connectivity index (χ3n) is 7.54. The molecule has 0 radical (unpaired) electrons. The second kappa shape index (κ2) is 14.1. The molecule has 1 aromatic heterocycles. The van der Waals surface area contributed by atoms with Gasteiger partial charge in [-0.3, -0.25) is 14.6 Å². The van der Waals surface area contributed by atoms with Gasteiger partial charge in [0.25, 0.3) is 0 Å². The third-order valence-corrected chi connectivity index (χ3v) is 7.54. The monoisotopic (exact) mass is 604 g/mol. The number of nitrogens with zero attached hydrogens (tertiary/aromatic N) is 2. The number of carbonyl (C=O) groups is 2. The van der Waals surface area contributed by atoms with Crippen molar-refractivity contribution in [3.63, 3.8) is 0 Å². The first-order chi connectivity index (χ1) is 21.3. The molecule has 9 nitrogen and oxygen atoms in total. The topological polar surface area (TPSA) is 102 Å². The number of hydrogen-bond donors (Lipinski definition) is 2. The summed E-state index contributed by atoms with van der Waals surface area (Å²) in [4.78, 5) is 31.3. The van der Waals surface area contributed by atoms with Crippen LogP contribution in [0.2, 0.25) is 0 Å². The van der Waals surface area contributed by atoms with Gasteiger partial charge in [-0.15, -0.1) is 0 Å². The van der Waals surface area contributed by atoms with Crippen LogP contribution in [0.25, 0.3) is 10.9 Å². The molecule has 0 unspecified atom stereocenters. The average molecular weight is 605 g/mol. The smallest absolute Gasteiger partial charge is 0.313 e. The van der Waals surface area contributed by atoms with E-state index in [-0.39, 0.29) is 23.8 Å². The molecule has 0 aliphatic carbocycles. The van der Waals surface area contributed by atoms with Crippen LogP contribution >= 0.6 is 0 Å². The van der Waals surface area contributed by atoms with E-state index in [2.05, 4.69) is 27.6 Å². The Kier molecular flexibility index (Phi) is 9.86. The molecule has 0 bridgehead atoms. The normalized spacial score (nSPS) is 13.8. The van der Waals surface area contributed by atoms with Gasteiger partial charge in [0.05, 0.1) is 13.7 Å². The summed E-state index contributed by atoms with van der Waals surface area (Å²) in [5.41, 5.74) is 1.41. The number of likely N-dealkylation sites (tertiary alicyclic amines) is 1. The minimum absolute atomic E-state index is 0.0826. The highest BCUT2D eigenvalue weighted by Gasteiger charge is 2.20. The molecule has 2 N–H and O–H groups in total. The molecule has 44 heavy (non-hydrogen) atoms. The number of amides is 2. The number of ether oxygens (including phenoxy) is 3. The van der Waals surface area contributed by atoms with Gasteiger partial charge in [-0.25, -0.2) is 8.78 Å². The van der Waals surface area contributed by atoms with Crippen molar-refractivity contribution in [3.8, 4) is 23.0 Å². The second-order valence-corrected chi connectivity index (χ2v) is 10.7. The van der Waals surface area contributed by atoms with E-state index in [4.69, 9.17) is 14.2 Å². The zero-order valence-corrected chi connectivity index (χ0v) is 24.6. The van der Waals surface area contributed by atoms with Gasteiger partial charge in [0.1, 0.15) is 17.1 Å². The van der Waals surface area contributed by atoms with Crippen molar-refractivity contribution >= 4 is 28.4 Å². The maximum Gasteiger partial charge on any atom is 0.313 e. The predicted octanol–water partition coefficient (Wildman–Crippen LogP) is 5.33. The van der Waals surface area contributed by atoms with Gasteiger partial charge in [-0.1, -0.05) is 12.1 Å². The number of benzene rings is 3. The highest BCUT2D eigenvalue weighted by atomic mass is 19.1. The van der Waals surface area contributed by atoms with Crippen LogP contribution in [0.15, 0.2) is 66.9 Å². The van der Waals surface area contributed by atoms with Gasteiger partial charge in [0.2, 0.25) is 0 Å². The number of rotatable bonds is 10. The zero-order chi connectivity index (χ0) is 31.1. The third kappa shape index (κ3) is 7.59. The number of carbonyl (C=O) groups excluding carboxylic acids is 2. The lowest BCUT2D eigenvalue weighted by molar-refractivity contribution is -0.136. The van der Waals surface area contributed by atoms with Crippen LogP contribution in [-0.2, 0) is 16.0 Å². The van der Waals surface area contributed by atoms with Crippen molar-refractivity contribution < 1.29 is 32.6 Å². The molecule has 1 saturated heterocycles. The van der Waals surface area contributed by atoms with Crippen LogP contribution in [0.4, 0.5) is 14.5 Å². The van der Waals surface area contributed by atoms with E-state index in [9.17, 15) is 14.0 Å². The lowest BCUT2D eigenvalue weighted by Gasteiger charge is -2.28. The molecule has 2 amide bonds. The SMILES string of the molecule is COc1c(OCC2CCN(C)CC2)ccc2c(Oc3ccc(NC(=O)C(=O)NCCc4ccc(F)cc4)cc3F)ccnc12. The first-order valence-electron chi connectivity index (χ1n) is 14.4. The minimum atomic E-state index is -0.946. The Morgan fingerprint density at radius 2 is 1.70 bits per heavy atom. The fraction of sp³-hybridized carbons (Fsp3) is 0.303. The molecule has 1 aliphatic rings. The minimum Gasteiger partial charge on any atom is -0.491 e. The standard InChI is InChI=1S/C33H34F2N4O5/c1-39-17-13-22(14-18-39)20-43-29-10-8-25-27(12-16-36-30(25)31(29)42-2)44-28-9-7-24(19-26(28)35)38-33(41)32(40)37-15-11-21-3-5-23(34)6-4-21/h3-10,12,16,19,22H,11,13-15,17-18,20H2,1-2H3,(H,37,40)(H,38,41). The molecule has 5 rings (SSSR count). The van der Waals surface area contributed by atoms with E-state index in [1.165, 1.54) is 24.3 Å². The number of anilines is 1. The highest BCUT2D eigenvalue weighted by molar-refractivity contribution is 6.39. The van der Waals surface area contributed by atoms with Crippen molar-refractivity contribution in [2.45, 2.75) is 19.3 Å². The molecular formula is C33H34F2N4O5. The van der Waals surface area contributed by atoms with E-state index >= 15 is 4.39 Å². The van der Waals surface area contributed by atoms with Crippen LogP contribution in [0, 0.1) is 17.6 Å². The lowest BCUT2D eigenvalue weighted by Crippen LogP contribution is -2.36. The Bertz CT molecular complexity index is 1630. The van der Waals surface area contributed by atoms with E-state index in [0.717, 1.165) is 37.6 Å². The summed E-state index contributed by atoms with van der Waals surface area (Å²) in [6.07, 6.45) is 4.11. The summed E-state index contributed by atoms with van der Waals surface area (Å²) in [6, 6.07) is 14.9. The molecule has 1 fully saturated rings. The summed E-state index contributed by atoms with van der Waals surface area (Å²) < 4.78 is 45.8. The fourth-order valence-electron chi connectivity index (χ4n) is 5.00. The molecule has 2 heterocycles. The van der Waals surface area contributed by atoms with E-state index in [0.29, 0.717) is 47.1 Å². The molecule has 3 aromatic carbocycles. The van der Waals surface area contributed by atoms with Gasteiger partial charge in [0, 0.05) is 29.9 Å². The number of pyridine rings is 1. The van der Waals surface area contributed by atoms with Gasteiger partial charge in [-0.2, -0.15) is 0 Å². The summed E-state index contributed by atoms with van der Waals surface area (Å²) in [7, 11) is 3.67. The maximum absolute atomic E-state index is 15.1. The van der Waals surface area contributed by atoms with Gasteiger partial charge in [0.15, 0.2) is 23.1 Å². The van der Waals surface area contributed by atoms with Crippen molar-refractivity contribution in [3.05, 3.63) is 84.1 Å². The molecule has 0 spiro atoms. The summed E-state index contributed by atoms with van der Waals surface area (Å²) >= 11 is 0. The summed E-state index contributed by atoms with van der Waals surface area (Å²) in [5.74, 6) is -1.13. The van der Waals surface area contributed by atoms with Crippen LogP contribution in [-0.4, -0.2) is 62.1 Å². The van der Waals surface area contributed by atoms with Crippen LogP contribution in [0.5, 0.6) is 23.0 Å². The first-order valence-corrected chi connectivity index (χ1v) is 14.4. The number of hydrogen-bond acceptors (Lipinski definition) is 7. The van der Waals surface area contributed by atoms with Gasteiger partial charge in [-0.05, 0) is 93.3 Å². The van der Waals surface area contributed by atoms with Gasteiger partial charge >= 0.3 is 11.8 Å². The molecule has 11 heteroatoms.